The molecule has 1 rings (SSSR count). The Morgan fingerprint density at radius 1 is 1.33 bits per heavy atom. The highest BCUT2D eigenvalue weighted by atomic mass is 16.5. The van der Waals surface area contributed by atoms with E-state index in [1.165, 1.54) is 32.2 Å². The van der Waals surface area contributed by atoms with Crippen LogP contribution in [0.2, 0.25) is 0 Å². The van der Waals surface area contributed by atoms with Crippen molar-refractivity contribution in [1.82, 2.24) is 10.2 Å². The Morgan fingerprint density at radius 3 is 2.76 bits per heavy atom. The number of unbranched alkanes of at least 4 members (excludes halogenated alkanes) is 1. The fraction of sp³-hybridized carbons (Fsp3) is 0.941. The van der Waals surface area contributed by atoms with Crippen LogP contribution in [0.15, 0.2) is 0 Å². The molecule has 0 aliphatic carbocycles. The van der Waals surface area contributed by atoms with E-state index in [9.17, 15) is 4.79 Å². The van der Waals surface area contributed by atoms with E-state index >= 15 is 0 Å². The molecule has 0 saturated carbocycles. The minimum Gasteiger partial charge on any atom is -0.465 e. The third-order valence-electron chi connectivity index (χ3n) is 4.84. The van der Waals surface area contributed by atoms with Crippen LogP contribution in [0.3, 0.4) is 0 Å². The highest BCUT2D eigenvalue weighted by Gasteiger charge is 2.32. The molecule has 0 aromatic heterocycles. The van der Waals surface area contributed by atoms with Gasteiger partial charge in [0.15, 0.2) is 0 Å². The fourth-order valence-corrected chi connectivity index (χ4v) is 3.08. The van der Waals surface area contributed by atoms with Gasteiger partial charge in [0, 0.05) is 6.04 Å². The van der Waals surface area contributed by atoms with E-state index < -0.39 is 5.54 Å². The molecule has 0 amide bonds. The number of nitrogens with one attached hydrogen (secondary N) is 1. The molecular weight excluding hydrogens is 264 g/mol. The molecule has 1 aliphatic rings. The molecule has 1 fully saturated rings. The van der Waals surface area contributed by atoms with Crippen LogP contribution in [0.25, 0.3) is 0 Å². The Hall–Kier alpha value is -0.610. The number of hydrogen-bond acceptors (Lipinski definition) is 4. The molecule has 1 saturated heterocycles. The highest BCUT2D eigenvalue weighted by molar-refractivity contribution is 5.80. The minimum atomic E-state index is -0.541. The second-order valence-corrected chi connectivity index (χ2v) is 6.49. The van der Waals surface area contributed by atoms with E-state index in [4.69, 9.17) is 4.74 Å². The molecule has 4 nitrogen and oxygen atoms in total. The Labute approximate surface area is 130 Å². The predicted octanol–water partition coefficient (Wildman–Crippen LogP) is 2.96. The summed E-state index contributed by atoms with van der Waals surface area (Å²) in [4.78, 5) is 14.6. The molecule has 1 N–H and O–H groups in total. The van der Waals surface area contributed by atoms with Gasteiger partial charge in [0.1, 0.15) is 5.54 Å². The van der Waals surface area contributed by atoms with Crippen LogP contribution in [0.1, 0.15) is 65.7 Å². The Bertz CT molecular complexity index is 309. The van der Waals surface area contributed by atoms with E-state index in [-0.39, 0.29) is 5.97 Å². The number of esters is 1. The van der Waals surface area contributed by atoms with Crippen LogP contribution >= 0.6 is 0 Å². The van der Waals surface area contributed by atoms with Gasteiger partial charge in [0.25, 0.3) is 0 Å². The normalized spacial score (nSPS) is 23.3. The molecule has 2 unspecified atom stereocenters. The Balaban J connectivity index is 2.32. The first kappa shape index (κ1) is 18.4. The van der Waals surface area contributed by atoms with Gasteiger partial charge in [-0.05, 0) is 73.0 Å². The van der Waals surface area contributed by atoms with Crippen molar-refractivity contribution in [3.05, 3.63) is 0 Å². The maximum absolute atomic E-state index is 12.0. The van der Waals surface area contributed by atoms with Crippen molar-refractivity contribution < 1.29 is 9.53 Å². The molecule has 1 heterocycles. The number of nitrogens with zero attached hydrogens (tertiary/aromatic N) is 1. The first-order valence-electron chi connectivity index (χ1n) is 8.63. The second-order valence-electron chi connectivity index (χ2n) is 6.49. The second kappa shape index (κ2) is 9.42. The molecule has 21 heavy (non-hydrogen) atoms. The first-order valence-corrected chi connectivity index (χ1v) is 8.63. The lowest BCUT2D eigenvalue weighted by Gasteiger charge is -2.29. The molecule has 1 aliphatic heterocycles. The van der Waals surface area contributed by atoms with Gasteiger partial charge in [-0.25, -0.2) is 0 Å². The van der Waals surface area contributed by atoms with Crippen molar-refractivity contribution in [2.45, 2.75) is 77.3 Å². The number of ether oxygens (including phenoxy) is 1. The summed E-state index contributed by atoms with van der Waals surface area (Å²) < 4.78 is 5.17. The van der Waals surface area contributed by atoms with Gasteiger partial charge in [-0.15, -0.1) is 0 Å². The van der Waals surface area contributed by atoms with E-state index in [1.54, 1.807) is 0 Å². The van der Waals surface area contributed by atoms with Gasteiger partial charge in [-0.2, -0.15) is 0 Å². The summed E-state index contributed by atoms with van der Waals surface area (Å²) in [5.74, 6) is -0.129. The van der Waals surface area contributed by atoms with Gasteiger partial charge < -0.3 is 15.0 Å². The lowest BCUT2D eigenvalue weighted by atomic mass is 9.95. The number of carbonyl (C=O) groups excluding carboxylic acids is 1. The number of likely N-dealkylation sites (N-methyl/N-ethyl adjacent to an activating group) is 1. The van der Waals surface area contributed by atoms with Crippen LogP contribution in [-0.4, -0.2) is 49.2 Å². The molecule has 124 valence electrons. The summed E-state index contributed by atoms with van der Waals surface area (Å²) >= 11 is 0. The maximum atomic E-state index is 12.0. The Morgan fingerprint density at radius 2 is 2.10 bits per heavy atom. The quantitative estimate of drug-likeness (QED) is 0.552. The van der Waals surface area contributed by atoms with Crippen LogP contribution < -0.4 is 5.32 Å². The summed E-state index contributed by atoms with van der Waals surface area (Å²) in [5.41, 5.74) is -0.541. The monoisotopic (exact) mass is 298 g/mol. The predicted molar refractivity (Wildman–Crippen MR) is 87.5 cm³/mol. The molecule has 0 aromatic carbocycles. The fourth-order valence-electron chi connectivity index (χ4n) is 3.08. The highest BCUT2D eigenvalue weighted by Crippen LogP contribution is 2.19. The maximum Gasteiger partial charge on any atom is 0.326 e. The first-order chi connectivity index (χ1) is 10.0. The topological polar surface area (TPSA) is 41.6 Å². The van der Waals surface area contributed by atoms with Crippen molar-refractivity contribution in [2.75, 3.05) is 26.7 Å². The summed E-state index contributed by atoms with van der Waals surface area (Å²) in [6.45, 7) is 8.99. The van der Waals surface area contributed by atoms with Crippen molar-refractivity contribution in [3.8, 4) is 0 Å². The number of hydrogen-bond donors (Lipinski definition) is 1. The van der Waals surface area contributed by atoms with E-state index in [0.29, 0.717) is 12.6 Å². The van der Waals surface area contributed by atoms with Gasteiger partial charge in [0.05, 0.1) is 6.61 Å². The molecule has 0 bridgehead atoms. The van der Waals surface area contributed by atoms with Crippen molar-refractivity contribution in [2.24, 2.45) is 0 Å². The third-order valence-corrected chi connectivity index (χ3v) is 4.84. The summed E-state index contributed by atoms with van der Waals surface area (Å²) in [5, 5.41) is 3.13. The van der Waals surface area contributed by atoms with E-state index in [2.05, 4.69) is 17.1 Å². The molecular formula is C17H34N2O2. The minimum absolute atomic E-state index is 0.129. The zero-order valence-electron chi connectivity index (χ0n) is 14.4. The molecule has 0 spiro atoms. The van der Waals surface area contributed by atoms with Gasteiger partial charge in [0.2, 0.25) is 0 Å². The van der Waals surface area contributed by atoms with Gasteiger partial charge in [-0.1, -0.05) is 12.8 Å². The largest absolute Gasteiger partial charge is 0.465 e. The van der Waals surface area contributed by atoms with Crippen molar-refractivity contribution in [1.29, 1.82) is 0 Å². The van der Waals surface area contributed by atoms with Crippen LogP contribution in [0.4, 0.5) is 0 Å². The van der Waals surface area contributed by atoms with Crippen LogP contribution in [-0.2, 0) is 9.53 Å². The average Bonchev–Trinajstić information content (AvgIpc) is 2.68. The summed E-state index contributed by atoms with van der Waals surface area (Å²) in [7, 11) is 1.84. The molecule has 0 radical (unpaired) electrons. The Kier molecular flexibility index (Phi) is 8.27. The lowest BCUT2D eigenvalue weighted by molar-refractivity contribution is -0.150. The lowest BCUT2D eigenvalue weighted by Crippen LogP contribution is -2.48. The van der Waals surface area contributed by atoms with E-state index in [1.807, 2.05) is 20.9 Å². The SMILES string of the molecule is CCOC(=O)C(C)(CCCCN1CCCCCC1C)NC. The average molecular weight is 298 g/mol. The molecule has 2 atom stereocenters. The van der Waals surface area contributed by atoms with Crippen molar-refractivity contribution in [3.63, 3.8) is 0 Å². The zero-order valence-corrected chi connectivity index (χ0v) is 14.4. The van der Waals surface area contributed by atoms with Crippen LogP contribution in [0.5, 0.6) is 0 Å². The van der Waals surface area contributed by atoms with E-state index in [0.717, 1.165) is 25.8 Å². The zero-order chi connectivity index (χ0) is 15.7. The summed E-state index contributed by atoms with van der Waals surface area (Å²) in [6, 6.07) is 0.716. The van der Waals surface area contributed by atoms with Gasteiger partial charge in [-0.3, -0.25) is 4.79 Å². The standard InChI is InChI=1S/C17H34N2O2/c1-5-21-16(20)17(3,18-4)12-8-10-14-19-13-9-6-7-11-15(19)2/h15,18H,5-14H2,1-4H3. The summed E-state index contributed by atoms with van der Waals surface area (Å²) in [6.07, 6.45) is 8.46. The smallest absolute Gasteiger partial charge is 0.326 e. The number of rotatable bonds is 8. The van der Waals surface area contributed by atoms with Crippen molar-refractivity contribution >= 4 is 5.97 Å². The molecule has 4 heteroatoms. The van der Waals surface area contributed by atoms with Crippen LogP contribution in [0, 0.1) is 0 Å². The number of likely N-dealkylation sites (tertiary alicyclic amines) is 1. The third kappa shape index (κ3) is 5.95. The van der Waals surface area contributed by atoms with Gasteiger partial charge >= 0.3 is 5.97 Å². The molecule has 0 aromatic rings. The number of carbonyl (C=O) groups is 1.